The number of aliphatic hydroxyl groups is 1. The molecule has 1 amide bonds. The van der Waals surface area contributed by atoms with Crippen molar-refractivity contribution in [2.24, 2.45) is 5.41 Å². The predicted octanol–water partition coefficient (Wildman–Crippen LogP) is 3.86. The smallest absolute Gasteiger partial charge is 0.227 e. The van der Waals surface area contributed by atoms with E-state index < -0.39 is 0 Å². The molecular formula is C24H28N2O2. The highest BCUT2D eigenvalue weighted by Gasteiger charge is 2.35. The molecule has 4 nitrogen and oxygen atoms in total. The van der Waals surface area contributed by atoms with Crippen LogP contribution in [0.25, 0.3) is 10.9 Å². The number of rotatable bonds is 5. The summed E-state index contributed by atoms with van der Waals surface area (Å²) in [6.07, 6.45) is 2.99. The highest BCUT2D eigenvalue weighted by molar-refractivity contribution is 5.90. The number of amides is 1. The Hall–Kier alpha value is -2.59. The lowest BCUT2D eigenvalue weighted by Crippen LogP contribution is -2.46. The molecule has 0 unspecified atom stereocenters. The van der Waals surface area contributed by atoms with Crippen molar-refractivity contribution in [3.05, 3.63) is 71.4 Å². The first-order valence-electron chi connectivity index (χ1n) is 10.1. The lowest BCUT2D eigenvalue weighted by Gasteiger charge is -2.41. The first-order valence-corrected chi connectivity index (χ1v) is 10.1. The third kappa shape index (κ3) is 3.69. The zero-order valence-corrected chi connectivity index (χ0v) is 16.4. The molecule has 1 aliphatic heterocycles. The summed E-state index contributed by atoms with van der Waals surface area (Å²) in [6.45, 7) is 3.64. The molecule has 4 heteroatoms. The van der Waals surface area contributed by atoms with E-state index in [1.165, 1.54) is 5.56 Å². The maximum absolute atomic E-state index is 13.0. The van der Waals surface area contributed by atoms with Crippen LogP contribution < -0.4 is 0 Å². The molecular weight excluding hydrogens is 348 g/mol. The van der Waals surface area contributed by atoms with E-state index in [1.807, 2.05) is 42.2 Å². The minimum Gasteiger partial charge on any atom is -0.396 e. The standard InChI is InChI=1S/C24H28N2O2/c1-18-21(20-9-5-6-10-22(20)25-18)15-23(28)26-13-11-24(17-27,12-14-26)16-19-7-3-2-4-8-19/h2-10,25,27H,11-17H2,1H3. The molecule has 0 atom stereocenters. The van der Waals surface area contributed by atoms with Gasteiger partial charge in [-0.05, 0) is 43.4 Å². The van der Waals surface area contributed by atoms with E-state index >= 15 is 0 Å². The molecule has 0 spiro atoms. The fraction of sp³-hybridized carbons (Fsp3) is 0.375. The number of para-hydroxylation sites is 1. The Morgan fingerprint density at radius 2 is 1.75 bits per heavy atom. The van der Waals surface area contributed by atoms with Gasteiger partial charge in [-0.25, -0.2) is 0 Å². The first-order chi connectivity index (χ1) is 13.6. The van der Waals surface area contributed by atoms with Crippen LogP contribution in [0.3, 0.4) is 0 Å². The second-order valence-electron chi connectivity index (χ2n) is 8.15. The number of aromatic nitrogens is 1. The molecule has 2 heterocycles. The van der Waals surface area contributed by atoms with E-state index in [2.05, 4.69) is 29.2 Å². The number of H-pyrrole nitrogens is 1. The summed E-state index contributed by atoms with van der Waals surface area (Å²) in [5.74, 6) is 0.180. The molecule has 1 saturated heterocycles. The molecule has 0 radical (unpaired) electrons. The molecule has 1 fully saturated rings. The van der Waals surface area contributed by atoms with Gasteiger partial charge in [0, 0.05) is 41.7 Å². The third-order valence-corrected chi connectivity index (χ3v) is 6.29. The summed E-state index contributed by atoms with van der Waals surface area (Å²) in [6, 6.07) is 18.5. The number of aromatic amines is 1. The Kier molecular flexibility index (Phi) is 5.23. The van der Waals surface area contributed by atoms with Crippen LogP contribution in [0.2, 0.25) is 0 Å². The SMILES string of the molecule is Cc1[nH]c2ccccc2c1CC(=O)N1CCC(CO)(Cc2ccccc2)CC1. The van der Waals surface area contributed by atoms with Gasteiger partial charge < -0.3 is 15.0 Å². The number of nitrogens with zero attached hydrogens (tertiary/aromatic N) is 1. The van der Waals surface area contributed by atoms with Crippen molar-refractivity contribution in [3.8, 4) is 0 Å². The van der Waals surface area contributed by atoms with Crippen molar-refractivity contribution >= 4 is 16.8 Å². The summed E-state index contributed by atoms with van der Waals surface area (Å²) in [5.41, 5.74) is 4.40. The minimum atomic E-state index is -0.116. The van der Waals surface area contributed by atoms with Gasteiger partial charge in [-0.2, -0.15) is 0 Å². The van der Waals surface area contributed by atoms with Gasteiger partial charge in [0.1, 0.15) is 0 Å². The number of fused-ring (bicyclic) bond motifs is 1. The molecule has 2 aromatic carbocycles. The Balaban J connectivity index is 1.43. The molecule has 4 rings (SSSR count). The molecule has 0 aliphatic carbocycles. The van der Waals surface area contributed by atoms with E-state index in [0.29, 0.717) is 19.5 Å². The number of benzene rings is 2. The second-order valence-corrected chi connectivity index (χ2v) is 8.15. The van der Waals surface area contributed by atoms with Crippen molar-refractivity contribution in [1.29, 1.82) is 0 Å². The van der Waals surface area contributed by atoms with Gasteiger partial charge in [0.2, 0.25) is 5.91 Å². The van der Waals surface area contributed by atoms with E-state index in [0.717, 1.165) is 41.4 Å². The van der Waals surface area contributed by atoms with Crippen molar-refractivity contribution in [2.75, 3.05) is 19.7 Å². The van der Waals surface area contributed by atoms with Crippen LogP contribution in [-0.4, -0.2) is 40.6 Å². The molecule has 1 aliphatic rings. The molecule has 0 bridgehead atoms. The largest absolute Gasteiger partial charge is 0.396 e. The molecule has 1 aromatic heterocycles. The number of carbonyl (C=O) groups is 1. The number of aryl methyl sites for hydroxylation is 1. The average molecular weight is 377 g/mol. The van der Waals surface area contributed by atoms with Crippen LogP contribution in [-0.2, 0) is 17.6 Å². The summed E-state index contributed by atoms with van der Waals surface area (Å²) < 4.78 is 0. The Labute approximate surface area is 166 Å². The van der Waals surface area contributed by atoms with Crippen LogP contribution in [0, 0.1) is 12.3 Å². The topological polar surface area (TPSA) is 56.3 Å². The van der Waals surface area contributed by atoms with Crippen LogP contribution >= 0.6 is 0 Å². The maximum Gasteiger partial charge on any atom is 0.227 e. The fourth-order valence-electron chi connectivity index (χ4n) is 4.48. The highest BCUT2D eigenvalue weighted by atomic mass is 16.3. The van der Waals surface area contributed by atoms with Gasteiger partial charge in [-0.15, -0.1) is 0 Å². The van der Waals surface area contributed by atoms with Crippen LogP contribution in [0.5, 0.6) is 0 Å². The maximum atomic E-state index is 13.0. The van der Waals surface area contributed by atoms with E-state index in [-0.39, 0.29) is 17.9 Å². The lowest BCUT2D eigenvalue weighted by atomic mass is 9.74. The van der Waals surface area contributed by atoms with Crippen molar-refractivity contribution in [1.82, 2.24) is 9.88 Å². The number of nitrogens with one attached hydrogen (secondary N) is 1. The normalized spacial score (nSPS) is 16.4. The van der Waals surface area contributed by atoms with E-state index in [1.54, 1.807) is 0 Å². The number of aliphatic hydroxyl groups excluding tert-OH is 1. The van der Waals surface area contributed by atoms with Gasteiger partial charge in [-0.1, -0.05) is 48.5 Å². The predicted molar refractivity (Wildman–Crippen MR) is 112 cm³/mol. The third-order valence-electron chi connectivity index (χ3n) is 6.29. The van der Waals surface area contributed by atoms with Crippen molar-refractivity contribution < 1.29 is 9.90 Å². The van der Waals surface area contributed by atoms with Crippen LogP contribution in [0.15, 0.2) is 54.6 Å². The molecule has 146 valence electrons. The summed E-state index contributed by atoms with van der Waals surface area (Å²) >= 11 is 0. The number of hydrogen-bond donors (Lipinski definition) is 2. The van der Waals surface area contributed by atoms with Crippen LogP contribution in [0.1, 0.15) is 29.7 Å². The van der Waals surface area contributed by atoms with E-state index in [9.17, 15) is 9.90 Å². The number of hydrogen-bond acceptors (Lipinski definition) is 2. The second kappa shape index (κ2) is 7.80. The quantitative estimate of drug-likeness (QED) is 0.710. The number of piperidine rings is 1. The Morgan fingerprint density at radius 1 is 1.07 bits per heavy atom. The lowest BCUT2D eigenvalue weighted by molar-refractivity contribution is -0.133. The molecule has 2 N–H and O–H groups in total. The number of likely N-dealkylation sites (tertiary alicyclic amines) is 1. The van der Waals surface area contributed by atoms with E-state index in [4.69, 9.17) is 0 Å². The monoisotopic (exact) mass is 376 g/mol. The molecule has 28 heavy (non-hydrogen) atoms. The zero-order chi connectivity index (χ0) is 19.6. The summed E-state index contributed by atoms with van der Waals surface area (Å²) in [5, 5.41) is 11.2. The Morgan fingerprint density at radius 3 is 2.46 bits per heavy atom. The molecule has 3 aromatic rings. The fourth-order valence-corrected chi connectivity index (χ4v) is 4.48. The summed E-state index contributed by atoms with van der Waals surface area (Å²) in [4.78, 5) is 18.3. The van der Waals surface area contributed by atoms with Gasteiger partial charge in [0.25, 0.3) is 0 Å². The highest BCUT2D eigenvalue weighted by Crippen LogP contribution is 2.35. The van der Waals surface area contributed by atoms with Crippen LogP contribution in [0.4, 0.5) is 0 Å². The van der Waals surface area contributed by atoms with Crippen molar-refractivity contribution in [3.63, 3.8) is 0 Å². The zero-order valence-electron chi connectivity index (χ0n) is 16.4. The molecule has 0 saturated carbocycles. The van der Waals surface area contributed by atoms with Gasteiger partial charge in [-0.3, -0.25) is 4.79 Å². The first kappa shape index (κ1) is 18.8. The van der Waals surface area contributed by atoms with Gasteiger partial charge in [0.05, 0.1) is 6.42 Å². The number of carbonyl (C=O) groups excluding carboxylic acids is 1. The average Bonchev–Trinajstić information content (AvgIpc) is 3.04. The van der Waals surface area contributed by atoms with Gasteiger partial charge >= 0.3 is 0 Å². The van der Waals surface area contributed by atoms with Gasteiger partial charge in [0.15, 0.2) is 0 Å². The summed E-state index contributed by atoms with van der Waals surface area (Å²) in [7, 11) is 0. The minimum absolute atomic E-state index is 0.116. The van der Waals surface area contributed by atoms with Crippen molar-refractivity contribution in [2.45, 2.75) is 32.6 Å². The Bertz CT molecular complexity index is 953.